The average Bonchev–Trinajstić information content (AvgIpc) is 2.46. The summed E-state index contributed by atoms with van der Waals surface area (Å²) in [4.78, 5) is 0.752. The predicted molar refractivity (Wildman–Crippen MR) is 85.8 cm³/mol. The molecular weight excluding hydrogens is 274 g/mol. The fourth-order valence-electron chi connectivity index (χ4n) is 1.81. The number of halogens is 1. The second kappa shape index (κ2) is 6.69. The zero-order chi connectivity index (χ0) is 13.7. The van der Waals surface area contributed by atoms with E-state index in [0.717, 1.165) is 27.6 Å². The van der Waals surface area contributed by atoms with Gasteiger partial charge in [-0.3, -0.25) is 0 Å². The number of hydrogen-bond acceptors (Lipinski definition) is 1. The Bertz CT molecular complexity index is 563. The van der Waals surface area contributed by atoms with Gasteiger partial charge < -0.3 is 5.32 Å². The van der Waals surface area contributed by atoms with Crippen molar-refractivity contribution < 1.29 is 0 Å². The van der Waals surface area contributed by atoms with E-state index in [4.69, 9.17) is 23.8 Å². The van der Waals surface area contributed by atoms with Gasteiger partial charge in [0.1, 0.15) is 4.99 Å². The molecule has 0 unspecified atom stereocenters. The maximum atomic E-state index is 6.11. The first-order chi connectivity index (χ1) is 9.20. The highest BCUT2D eigenvalue weighted by Crippen LogP contribution is 2.14. The molecule has 0 saturated heterocycles. The van der Waals surface area contributed by atoms with Crippen LogP contribution in [0, 0.1) is 0 Å². The molecule has 3 heteroatoms. The van der Waals surface area contributed by atoms with Crippen LogP contribution in [0.4, 0.5) is 0 Å². The van der Waals surface area contributed by atoms with E-state index >= 15 is 0 Å². The lowest BCUT2D eigenvalue weighted by Gasteiger charge is -2.09. The fourth-order valence-corrected chi connectivity index (χ4v) is 2.22. The lowest BCUT2D eigenvalue weighted by molar-refractivity contribution is 0.929. The molecule has 0 fully saturated rings. The van der Waals surface area contributed by atoms with E-state index in [2.05, 4.69) is 36.5 Å². The second-order valence-corrected chi connectivity index (χ2v) is 5.14. The number of nitrogens with one attached hydrogen (secondary N) is 1. The molecule has 0 aliphatic carbocycles. The summed E-state index contributed by atoms with van der Waals surface area (Å²) in [5, 5.41) is 4.00. The molecule has 0 aliphatic rings. The highest BCUT2D eigenvalue weighted by Gasteiger charge is 2.03. The molecule has 2 aromatic carbocycles. The van der Waals surface area contributed by atoms with Gasteiger partial charge >= 0.3 is 0 Å². The Morgan fingerprint density at radius 2 is 1.79 bits per heavy atom. The van der Waals surface area contributed by atoms with Gasteiger partial charge in [-0.25, -0.2) is 0 Å². The van der Waals surface area contributed by atoms with Gasteiger partial charge in [0, 0.05) is 17.1 Å². The van der Waals surface area contributed by atoms with Crippen LogP contribution in [0.15, 0.2) is 48.5 Å². The Hall–Kier alpha value is -1.38. The van der Waals surface area contributed by atoms with Crippen molar-refractivity contribution in [2.75, 3.05) is 0 Å². The molecule has 98 valence electrons. The van der Waals surface area contributed by atoms with Gasteiger partial charge in [-0.2, -0.15) is 0 Å². The van der Waals surface area contributed by atoms with Crippen molar-refractivity contribution in [3.63, 3.8) is 0 Å². The SMILES string of the molecule is CCc1ccc(C(=S)NCc2ccccc2Cl)cc1. The number of aryl methyl sites for hydroxylation is 1. The Morgan fingerprint density at radius 3 is 2.42 bits per heavy atom. The Morgan fingerprint density at radius 1 is 1.11 bits per heavy atom. The van der Waals surface area contributed by atoms with Crippen LogP contribution in [0.1, 0.15) is 23.6 Å². The zero-order valence-corrected chi connectivity index (χ0v) is 12.4. The minimum atomic E-state index is 0.647. The van der Waals surface area contributed by atoms with E-state index in [1.54, 1.807) is 0 Å². The molecule has 0 heterocycles. The predicted octanol–water partition coefficient (Wildman–Crippen LogP) is 4.37. The Balaban J connectivity index is 1.99. The van der Waals surface area contributed by atoms with E-state index in [1.165, 1.54) is 5.56 Å². The summed E-state index contributed by atoms with van der Waals surface area (Å²) in [7, 11) is 0. The standard InChI is InChI=1S/C16H16ClNS/c1-2-12-7-9-13(10-8-12)16(19)18-11-14-5-3-4-6-15(14)17/h3-10H,2,11H2,1H3,(H,18,19). The molecule has 0 radical (unpaired) electrons. The molecule has 1 N–H and O–H groups in total. The maximum Gasteiger partial charge on any atom is 0.106 e. The van der Waals surface area contributed by atoms with E-state index in [0.29, 0.717) is 6.54 Å². The second-order valence-electron chi connectivity index (χ2n) is 4.32. The smallest absolute Gasteiger partial charge is 0.106 e. The van der Waals surface area contributed by atoms with Crippen molar-refractivity contribution in [2.24, 2.45) is 0 Å². The first kappa shape index (κ1) is 14.0. The van der Waals surface area contributed by atoms with E-state index in [1.807, 2.05) is 24.3 Å². The van der Waals surface area contributed by atoms with Gasteiger partial charge in [0.2, 0.25) is 0 Å². The van der Waals surface area contributed by atoms with Crippen molar-refractivity contribution in [3.05, 3.63) is 70.2 Å². The monoisotopic (exact) mass is 289 g/mol. The first-order valence-electron chi connectivity index (χ1n) is 6.31. The van der Waals surface area contributed by atoms with Gasteiger partial charge in [0.25, 0.3) is 0 Å². The third-order valence-electron chi connectivity index (χ3n) is 3.02. The van der Waals surface area contributed by atoms with Gasteiger partial charge in [0.05, 0.1) is 0 Å². The summed E-state index contributed by atoms with van der Waals surface area (Å²) in [6, 6.07) is 16.1. The van der Waals surface area contributed by atoms with Crippen LogP contribution in [0.5, 0.6) is 0 Å². The van der Waals surface area contributed by atoms with Gasteiger partial charge in [-0.1, -0.05) is 73.2 Å². The molecular formula is C16H16ClNS. The lowest BCUT2D eigenvalue weighted by Crippen LogP contribution is -2.21. The molecule has 0 aromatic heterocycles. The van der Waals surface area contributed by atoms with Crippen molar-refractivity contribution >= 4 is 28.8 Å². The molecule has 0 amide bonds. The minimum absolute atomic E-state index is 0.647. The van der Waals surface area contributed by atoms with Crippen LogP contribution in [0.2, 0.25) is 5.02 Å². The molecule has 0 saturated carbocycles. The molecule has 19 heavy (non-hydrogen) atoms. The molecule has 0 atom stereocenters. The summed E-state index contributed by atoms with van der Waals surface area (Å²) >= 11 is 11.5. The first-order valence-corrected chi connectivity index (χ1v) is 7.10. The van der Waals surface area contributed by atoms with Gasteiger partial charge in [0.15, 0.2) is 0 Å². The summed E-state index contributed by atoms with van der Waals surface area (Å²) in [6.07, 6.45) is 1.04. The number of rotatable bonds is 4. The number of thiocarbonyl (C=S) groups is 1. The minimum Gasteiger partial charge on any atom is -0.372 e. The van der Waals surface area contributed by atoms with Crippen LogP contribution >= 0.6 is 23.8 Å². The maximum absolute atomic E-state index is 6.11. The lowest BCUT2D eigenvalue weighted by atomic mass is 10.1. The molecule has 2 aromatic rings. The molecule has 0 aliphatic heterocycles. The number of benzene rings is 2. The van der Waals surface area contributed by atoms with Crippen molar-refractivity contribution in [3.8, 4) is 0 Å². The van der Waals surface area contributed by atoms with Crippen LogP contribution in [0.25, 0.3) is 0 Å². The largest absolute Gasteiger partial charge is 0.372 e. The van der Waals surface area contributed by atoms with Crippen LogP contribution < -0.4 is 5.32 Å². The highest BCUT2D eigenvalue weighted by molar-refractivity contribution is 7.80. The van der Waals surface area contributed by atoms with Crippen LogP contribution in [0.3, 0.4) is 0 Å². The summed E-state index contributed by atoms with van der Waals surface area (Å²) in [6.45, 7) is 2.79. The normalized spacial score (nSPS) is 10.2. The third-order valence-corrected chi connectivity index (χ3v) is 3.77. The summed E-state index contributed by atoms with van der Waals surface area (Å²) < 4.78 is 0. The summed E-state index contributed by atoms with van der Waals surface area (Å²) in [5.41, 5.74) is 3.41. The molecule has 1 nitrogen and oxygen atoms in total. The molecule has 0 bridgehead atoms. The zero-order valence-electron chi connectivity index (χ0n) is 10.8. The summed E-state index contributed by atoms with van der Waals surface area (Å²) in [5.74, 6) is 0. The Labute approximate surface area is 124 Å². The fraction of sp³-hybridized carbons (Fsp3) is 0.188. The topological polar surface area (TPSA) is 12.0 Å². The van der Waals surface area contributed by atoms with E-state index < -0.39 is 0 Å². The van der Waals surface area contributed by atoms with Crippen molar-refractivity contribution in [1.29, 1.82) is 0 Å². The quantitative estimate of drug-likeness (QED) is 0.839. The van der Waals surface area contributed by atoms with E-state index in [9.17, 15) is 0 Å². The van der Waals surface area contributed by atoms with Gasteiger partial charge in [-0.05, 0) is 23.6 Å². The van der Waals surface area contributed by atoms with E-state index in [-0.39, 0.29) is 0 Å². The van der Waals surface area contributed by atoms with Gasteiger partial charge in [-0.15, -0.1) is 0 Å². The average molecular weight is 290 g/mol. The third kappa shape index (κ3) is 3.79. The number of hydrogen-bond donors (Lipinski definition) is 1. The van der Waals surface area contributed by atoms with Crippen molar-refractivity contribution in [1.82, 2.24) is 5.32 Å². The van der Waals surface area contributed by atoms with Crippen molar-refractivity contribution in [2.45, 2.75) is 19.9 Å². The van der Waals surface area contributed by atoms with Crippen LogP contribution in [-0.2, 0) is 13.0 Å². The molecule has 0 spiro atoms. The van der Waals surface area contributed by atoms with Crippen LogP contribution in [-0.4, -0.2) is 4.99 Å². The highest BCUT2D eigenvalue weighted by atomic mass is 35.5. The molecule has 2 rings (SSSR count). The Kier molecular flexibility index (Phi) is 4.94.